The lowest BCUT2D eigenvalue weighted by Crippen LogP contribution is -2.35. The number of ether oxygens (including phenoxy) is 1. The van der Waals surface area contributed by atoms with E-state index in [-0.39, 0.29) is 5.15 Å². The number of amides is 1. The zero-order valence-electron chi connectivity index (χ0n) is 12.9. The zero-order valence-corrected chi connectivity index (χ0v) is 16.7. The van der Waals surface area contributed by atoms with Crippen molar-refractivity contribution in [3.8, 4) is 11.2 Å². The zero-order chi connectivity index (χ0) is 17.2. The molecule has 0 aliphatic carbocycles. The molecule has 0 saturated carbocycles. The van der Waals surface area contributed by atoms with Gasteiger partial charge in [-0.05, 0) is 40.9 Å². The number of rotatable bonds is 1. The highest BCUT2D eigenvalue weighted by molar-refractivity contribution is 14.2. The molecule has 6 nitrogen and oxygen atoms in total. The van der Waals surface area contributed by atoms with Gasteiger partial charge in [0.05, 0.1) is 11.8 Å². The van der Waals surface area contributed by atoms with Crippen molar-refractivity contribution in [1.29, 1.82) is 0 Å². The predicted molar refractivity (Wildman–Crippen MR) is 101 cm³/mol. The summed E-state index contributed by atoms with van der Waals surface area (Å²) in [5.41, 5.74) is 0.524. The van der Waals surface area contributed by atoms with Gasteiger partial charge in [0.1, 0.15) is 16.6 Å². The van der Waals surface area contributed by atoms with Crippen LogP contribution in [0.15, 0.2) is 12.3 Å². The maximum absolute atomic E-state index is 12.3. The van der Waals surface area contributed by atoms with E-state index in [4.69, 9.17) is 16.3 Å². The van der Waals surface area contributed by atoms with Crippen LogP contribution in [0, 0.1) is 11.2 Å². The Labute approximate surface area is 155 Å². The van der Waals surface area contributed by atoms with Gasteiger partial charge >= 0.3 is 6.09 Å². The molecule has 0 N–H and O–H groups in total. The first-order chi connectivity index (χ1) is 10.7. The molecule has 2 heterocycles. The summed E-state index contributed by atoms with van der Waals surface area (Å²) in [6, 6.07) is 1.55. The smallest absolute Gasteiger partial charge is 0.415 e. The fourth-order valence-corrected chi connectivity index (χ4v) is 2.40. The minimum atomic E-state index is -0.598. The molecule has 2 aromatic rings. The fourth-order valence-electron chi connectivity index (χ4n) is 1.74. The van der Waals surface area contributed by atoms with Gasteiger partial charge in [-0.3, -0.25) is 4.90 Å². The molecule has 1 amide bonds. The first-order valence-electron chi connectivity index (χ1n) is 6.52. The van der Waals surface area contributed by atoms with Gasteiger partial charge in [0, 0.05) is 34.3 Å². The predicted octanol–water partition coefficient (Wildman–Crippen LogP) is 4.15. The fraction of sp³-hybridized carbons (Fsp3) is 0.357. The van der Waals surface area contributed by atoms with E-state index in [2.05, 4.69) is 42.5 Å². The van der Waals surface area contributed by atoms with E-state index in [1.54, 1.807) is 40.1 Å². The summed E-state index contributed by atoms with van der Waals surface area (Å²) in [5.74, 6) is 3.39. The summed E-state index contributed by atoms with van der Waals surface area (Å²) in [6.45, 7) is 5.41. The third-order valence-corrected chi connectivity index (χ3v) is 3.69. The molecule has 0 spiro atoms. The topological polar surface area (TPSA) is 59.7 Å². The van der Waals surface area contributed by atoms with Gasteiger partial charge in [-0.15, -0.1) is 0 Å². The lowest BCUT2D eigenvalue weighted by atomic mass is 10.2. The van der Waals surface area contributed by atoms with Crippen LogP contribution in [0.2, 0.25) is 5.15 Å². The number of halogens is 2. The van der Waals surface area contributed by atoms with Crippen molar-refractivity contribution >= 4 is 59.3 Å². The SMILES string of the molecule is CN(C(=O)OC(C)(C)C)c1cc(Cl)nc2c(C#CSI)cnn12. The summed E-state index contributed by atoms with van der Waals surface area (Å²) in [7, 11) is 2.95. The van der Waals surface area contributed by atoms with E-state index in [1.165, 1.54) is 18.3 Å². The lowest BCUT2D eigenvalue weighted by Gasteiger charge is -2.24. The highest BCUT2D eigenvalue weighted by Crippen LogP contribution is 2.23. The van der Waals surface area contributed by atoms with Crippen molar-refractivity contribution in [3.63, 3.8) is 0 Å². The molecule has 122 valence electrons. The second-order valence-corrected chi connectivity index (χ2v) is 7.64. The van der Waals surface area contributed by atoms with Crippen LogP contribution in [0.4, 0.5) is 10.6 Å². The van der Waals surface area contributed by atoms with Crippen molar-refractivity contribution in [2.75, 3.05) is 11.9 Å². The normalized spacial score (nSPS) is 11.0. The van der Waals surface area contributed by atoms with Crippen molar-refractivity contribution in [2.24, 2.45) is 0 Å². The standard InChI is InChI=1S/C14H14ClIN4O2S/c1-14(2,3)22-13(21)19(4)11-7-10(15)18-12-9(5-6-23-16)8-17-20(11)12/h7-8H,1-4H3. The number of aromatic nitrogens is 3. The summed E-state index contributed by atoms with van der Waals surface area (Å²) in [6.07, 6.45) is 1.08. The van der Waals surface area contributed by atoms with Crippen LogP contribution in [-0.4, -0.2) is 33.3 Å². The minimum absolute atomic E-state index is 0.244. The quantitative estimate of drug-likeness (QED) is 0.361. The molecular weight excluding hydrogens is 451 g/mol. The molecule has 0 saturated heterocycles. The lowest BCUT2D eigenvalue weighted by molar-refractivity contribution is 0.0587. The molecule has 0 radical (unpaired) electrons. The molecule has 0 bridgehead atoms. The summed E-state index contributed by atoms with van der Waals surface area (Å²) in [4.78, 5) is 17.8. The first kappa shape index (κ1) is 18.2. The van der Waals surface area contributed by atoms with Crippen molar-refractivity contribution in [3.05, 3.63) is 23.0 Å². The maximum atomic E-state index is 12.3. The number of hydrogen-bond donors (Lipinski definition) is 0. The Bertz CT molecular complexity index is 807. The summed E-state index contributed by atoms with van der Waals surface area (Å²) >= 11 is 8.16. The molecule has 0 fully saturated rings. The van der Waals surface area contributed by atoms with Crippen LogP contribution < -0.4 is 4.90 Å². The monoisotopic (exact) mass is 464 g/mol. The van der Waals surface area contributed by atoms with E-state index in [1.807, 2.05) is 0 Å². The minimum Gasteiger partial charge on any atom is -0.443 e. The van der Waals surface area contributed by atoms with Crippen LogP contribution in [-0.2, 0) is 4.74 Å². The van der Waals surface area contributed by atoms with E-state index < -0.39 is 11.7 Å². The van der Waals surface area contributed by atoms with Crippen LogP contribution >= 0.6 is 41.7 Å². The van der Waals surface area contributed by atoms with E-state index in [0.717, 1.165) is 0 Å². The number of carbonyl (C=O) groups excluding carboxylic acids is 1. The van der Waals surface area contributed by atoms with Crippen molar-refractivity contribution < 1.29 is 9.53 Å². The van der Waals surface area contributed by atoms with Gasteiger partial charge in [-0.2, -0.15) is 9.61 Å². The average Bonchev–Trinajstić information content (AvgIpc) is 2.84. The van der Waals surface area contributed by atoms with Gasteiger partial charge in [-0.25, -0.2) is 9.78 Å². The van der Waals surface area contributed by atoms with E-state index in [9.17, 15) is 4.79 Å². The van der Waals surface area contributed by atoms with Crippen LogP contribution in [0.1, 0.15) is 26.3 Å². The van der Waals surface area contributed by atoms with Crippen LogP contribution in [0.3, 0.4) is 0 Å². The molecule has 2 aromatic heterocycles. The maximum Gasteiger partial charge on any atom is 0.415 e. The number of hydrogen-bond acceptors (Lipinski definition) is 5. The van der Waals surface area contributed by atoms with Gasteiger partial charge in [0.25, 0.3) is 0 Å². The molecular formula is C14H14ClIN4O2S. The third-order valence-electron chi connectivity index (χ3n) is 2.66. The van der Waals surface area contributed by atoms with Gasteiger partial charge in [0.2, 0.25) is 0 Å². The molecule has 23 heavy (non-hydrogen) atoms. The Morgan fingerprint density at radius 1 is 1.52 bits per heavy atom. The van der Waals surface area contributed by atoms with Crippen molar-refractivity contribution in [2.45, 2.75) is 26.4 Å². The van der Waals surface area contributed by atoms with E-state index >= 15 is 0 Å². The summed E-state index contributed by atoms with van der Waals surface area (Å²) in [5, 5.41) is 7.36. The summed E-state index contributed by atoms with van der Waals surface area (Å²) < 4.78 is 6.88. The van der Waals surface area contributed by atoms with Gasteiger partial charge < -0.3 is 4.74 Å². The molecule has 0 aromatic carbocycles. The Hall–Kier alpha value is -1.18. The second-order valence-electron chi connectivity index (χ2n) is 5.57. The number of carbonyl (C=O) groups is 1. The molecule has 0 aliphatic heterocycles. The largest absolute Gasteiger partial charge is 0.443 e. The van der Waals surface area contributed by atoms with Gasteiger partial charge in [0.15, 0.2) is 5.65 Å². The van der Waals surface area contributed by atoms with Crippen LogP contribution in [0.25, 0.3) is 5.65 Å². The molecule has 9 heteroatoms. The highest BCUT2D eigenvalue weighted by Gasteiger charge is 2.23. The molecule has 0 atom stereocenters. The van der Waals surface area contributed by atoms with Crippen LogP contribution in [0.5, 0.6) is 0 Å². The third kappa shape index (κ3) is 4.43. The Morgan fingerprint density at radius 2 is 2.22 bits per heavy atom. The highest BCUT2D eigenvalue weighted by atomic mass is 127. The Balaban J connectivity index is 2.48. The second kappa shape index (κ2) is 7.15. The van der Waals surface area contributed by atoms with Gasteiger partial charge in [-0.1, -0.05) is 11.6 Å². The average molecular weight is 465 g/mol. The first-order valence-corrected chi connectivity index (χ1v) is 10.3. The molecule has 0 unspecified atom stereocenters. The molecule has 0 aliphatic rings. The Kier molecular flexibility index (Phi) is 5.65. The number of nitrogens with zero attached hydrogens (tertiary/aromatic N) is 4. The Morgan fingerprint density at radius 3 is 2.83 bits per heavy atom. The van der Waals surface area contributed by atoms with E-state index in [0.29, 0.717) is 17.0 Å². The van der Waals surface area contributed by atoms with Crippen molar-refractivity contribution in [1.82, 2.24) is 14.6 Å². The molecule has 2 rings (SSSR count). The number of fused-ring (bicyclic) bond motifs is 1. The number of anilines is 1.